The summed E-state index contributed by atoms with van der Waals surface area (Å²) in [5.41, 5.74) is 2.64. The second-order valence-corrected chi connectivity index (χ2v) is 8.11. The summed E-state index contributed by atoms with van der Waals surface area (Å²) in [5, 5.41) is 12.0. The molecular weight excluding hydrogens is 384 g/mol. The normalized spacial score (nSPS) is 15.0. The van der Waals surface area contributed by atoms with Crippen LogP contribution in [0.3, 0.4) is 0 Å². The molecule has 8 heteroatoms. The number of carbonyl (C=O) groups excluding carboxylic acids is 1. The van der Waals surface area contributed by atoms with Crippen LogP contribution in [0.2, 0.25) is 0 Å². The summed E-state index contributed by atoms with van der Waals surface area (Å²) in [6.45, 7) is 3.39. The summed E-state index contributed by atoms with van der Waals surface area (Å²) < 4.78 is 1.59. The summed E-state index contributed by atoms with van der Waals surface area (Å²) in [6, 6.07) is 21.6. The van der Waals surface area contributed by atoms with Crippen molar-refractivity contribution < 1.29 is 9.69 Å². The average molecular weight is 410 g/mol. The molecule has 1 saturated heterocycles. The maximum atomic E-state index is 12.6. The summed E-state index contributed by atoms with van der Waals surface area (Å²) in [4.78, 5) is 16.1. The van der Waals surface area contributed by atoms with Crippen molar-refractivity contribution in [1.29, 1.82) is 0 Å². The number of amides is 1. The SMILES string of the molecule is Cn1nnnc1SCC(=O)N1CC[NH+](C(c2ccccc2)c2ccccc2)CC1. The highest BCUT2D eigenvalue weighted by Crippen LogP contribution is 2.19. The van der Waals surface area contributed by atoms with E-state index in [0.29, 0.717) is 10.9 Å². The molecule has 0 radical (unpaired) electrons. The first-order valence-electron chi connectivity index (χ1n) is 9.80. The van der Waals surface area contributed by atoms with E-state index in [2.05, 4.69) is 76.2 Å². The smallest absolute Gasteiger partial charge is 0.233 e. The Hall–Kier alpha value is -2.71. The van der Waals surface area contributed by atoms with Gasteiger partial charge in [0.15, 0.2) is 0 Å². The molecule has 0 saturated carbocycles. The van der Waals surface area contributed by atoms with Crippen LogP contribution in [0.1, 0.15) is 17.2 Å². The molecule has 2 aromatic carbocycles. The lowest BCUT2D eigenvalue weighted by atomic mass is 9.96. The van der Waals surface area contributed by atoms with E-state index in [1.165, 1.54) is 27.8 Å². The van der Waals surface area contributed by atoms with Gasteiger partial charge in [-0.25, -0.2) is 4.68 Å². The molecule has 0 spiro atoms. The first-order chi connectivity index (χ1) is 14.2. The van der Waals surface area contributed by atoms with Crippen LogP contribution in [-0.2, 0) is 11.8 Å². The third kappa shape index (κ3) is 4.65. The maximum Gasteiger partial charge on any atom is 0.233 e. The highest BCUT2D eigenvalue weighted by molar-refractivity contribution is 7.99. The molecule has 1 aliphatic heterocycles. The number of tetrazole rings is 1. The van der Waals surface area contributed by atoms with Crippen molar-refractivity contribution in [2.24, 2.45) is 7.05 Å². The van der Waals surface area contributed by atoms with Gasteiger partial charge in [0.05, 0.1) is 31.9 Å². The van der Waals surface area contributed by atoms with E-state index in [9.17, 15) is 4.79 Å². The quantitative estimate of drug-likeness (QED) is 0.611. The molecule has 0 aliphatic carbocycles. The molecule has 4 rings (SSSR count). The molecule has 2 heterocycles. The number of aromatic nitrogens is 4. The standard InChI is InChI=1S/C21H24N6OS/c1-25-21(22-23-24-25)29-16-19(28)26-12-14-27(15-13-26)20(17-8-4-2-5-9-17)18-10-6-3-7-11-18/h2-11,20H,12-16H2,1H3/p+1. The lowest BCUT2D eigenvalue weighted by Crippen LogP contribution is -3.15. The molecule has 150 valence electrons. The van der Waals surface area contributed by atoms with Gasteiger partial charge in [-0.3, -0.25) is 4.79 Å². The Balaban J connectivity index is 1.40. The molecule has 0 bridgehead atoms. The molecule has 1 aromatic heterocycles. The fourth-order valence-corrected chi connectivity index (χ4v) is 4.60. The highest BCUT2D eigenvalue weighted by atomic mass is 32.2. The minimum Gasteiger partial charge on any atom is -0.331 e. The number of piperazine rings is 1. The number of nitrogens with one attached hydrogen (secondary N) is 1. The van der Waals surface area contributed by atoms with E-state index in [1.807, 2.05) is 4.90 Å². The number of nitrogens with zero attached hydrogens (tertiary/aromatic N) is 5. The second kappa shape index (κ2) is 9.19. The van der Waals surface area contributed by atoms with E-state index in [-0.39, 0.29) is 11.9 Å². The van der Waals surface area contributed by atoms with Crippen molar-refractivity contribution in [3.8, 4) is 0 Å². The van der Waals surface area contributed by atoms with E-state index in [1.54, 1.807) is 11.7 Å². The van der Waals surface area contributed by atoms with Gasteiger partial charge in [-0.15, -0.1) is 5.10 Å². The van der Waals surface area contributed by atoms with E-state index in [4.69, 9.17) is 0 Å². The average Bonchev–Trinajstić information content (AvgIpc) is 3.19. The Morgan fingerprint density at radius 2 is 1.62 bits per heavy atom. The predicted molar refractivity (Wildman–Crippen MR) is 112 cm³/mol. The number of benzene rings is 2. The van der Waals surface area contributed by atoms with Gasteiger partial charge in [0.25, 0.3) is 0 Å². The van der Waals surface area contributed by atoms with Gasteiger partial charge < -0.3 is 9.80 Å². The van der Waals surface area contributed by atoms with Crippen molar-refractivity contribution >= 4 is 17.7 Å². The third-order valence-corrected chi connectivity index (χ3v) is 6.33. The van der Waals surface area contributed by atoms with Crippen molar-refractivity contribution in [3.05, 3.63) is 71.8 Å². The molecule has 1 fully saturated rings. The van der Waals surface area contributed by atoms with Gasteiger partial charge >= 0.3 is 0 Å². The maximum absolute atomic E-state index is 12.6. The molecule has 1 aliphatic rings. The Labute approximate surface area is 174 Å². The summed E-state index contributed by atoms with van der Waals surface area (Å²) in [6.07, 6.45) is 0. The molecule has 29 heavy (non-hydrogen) atoms. The second-order valence-electron chi connectivity index (χ2n) is 7.17. The van der Waals surface area contributed by atoms with E-state index in [0.717, 1.165) is 26.2 Å². The Bertz CT molecular complexity index is 885. The van der Waals surface area contributed by atoms with Crippen molar-refractivity contribution in [2.45, 2.75) is 11.2 Å². The molecule has 1 amide bonds. The largest absolute Gasteiger partial charge is 0.331 e. The number of hydrogen-bond acceptors (Lipinski definition) is 5. The molecular formula is C21H25N6OS+. The zero-order valence-corrected chi connectivity index (χ0v) is 17.3. The third-order valence-electron chi connectivity index (χ3n) is 5.34. The van der Waals surface area contributed by atoms with Gasteiger partial charge in [0.1, 0.15) is 6.04 Å². The van der Waals surface area contributed by atoms with Gasteiger partial charge in [0, 0.05) is 18.2 Å². The molecule has 0 atom stereocenters. The van der Waals surface area contributed by atoms with E-state index < -0.39 is 0 Å². The lowest BCUT2D eigenvalue weighted by molar-refractivity contribution is -0.929. The number of thioether (sulfide) groups is 1. The van der Waals surface area contributed by atoms with Crippen LogP contribution in [-0.4, -0.2) is 62.9 Å². The zero-order chi connectivity index (χ0) is 20.1. The molecule has 3 aromatic rings. The fourth-order valence-electron chi connectivity index (χ4n) is 3.85. The minimum absolute atomic E-state index is 0.146. The highest BCUT2D eigenvalue weighted by Gasteiger charge is 2.31. The van der Waals surface area contributed by atoms with Crippen LogP contribution >= 0.6 is 11.8 Å². The van der Waals surface area contributed by atoms with Crippen LogP contribution in [0.4, 0.5) is 0 Å². The number of rotatable bonds is 6. The van der Waals surface area contributed by atoms with Crippen LogP contribution in [0.5, 0.6) is 0 Å². The number of carbonyl (C=O) groups is 1. The minimum atomic E-state index is 0.146. The van der Waals surface area contributed by atoms with Gasteiger partial charge in [-0.05, 0) is 10.4 Å². The number of quaternary nitrogens is 1. The first-order valence-corrected chi connectivity index (χ1v) is 10.8. The Morgan fingerprint density at radius 1 is 1.03 bits per heavy atom. The molecule has 7 nitrogen and oxygen atoms in total. The van der Waals surface area contributed by atoms with Crippen LogP contribution in [0.25, 0.3) is 0 Å². The topological polar surface area (TPSA) is 68.4 Å². The lowest BCUT2D eigenvalue weighted by Gasteiger charge is -2.37. The zero-order valence-electron chi connectivity index (χ0n) is 16.4. The van der Waals surface area contributed by atoms with Crippen LogP contribution in [0, 0.1) is 0 Å². The van der Waals surface area contributed by atoms with Gasteiger partial charge in [-0.1, -0.05) is 72.4 Å². The predicted octanol–water partition coefficient (Wildman–Crippen LogP) is 0.819. The summed E-state index contributed by atoms with van der Waals surface area (Å²) in [7, 11) is 1.78. The van der Waals surface area contributed by atoms with Crippen LogP contribution in [0.15, 0.2) is 65.8 Å². The van der Waals surface area contributed by atoms with Gasteiger partial charge in [0.2, 0.25) is 11.1 Å². The Kier molecular flexibility index (Phi) is 6.21. The summed E-state index contributed by atoms with van der Waals surface area (Å²) >= 11 is 1.39. The van der Waals surface area contributed by atoms with E-state index >= 15 is 0 Å². The Morgan fingerprint density at radius 3 is 2.14 bits per heavy atom. The monoisotopic (exact) mass is 409 g/mol. The summed E-state index contributed by atoms with van der Waals surface area (Å²) in [5.74, 6) is 0.512. The van der Waals surface area contributed by atoms with Crippen LogP contribution < -0.4 is 4.90 Å². The molecule has 1 N–H and O–H groups in total. The van der Waals surface area contributed by atoms with Gasteiger partial charge in [-0.2, -0.15) is 0 Å². The van der Waals surface area contributed by atoms with Crippen molar-refractivity contribution in [1.82, 2.24) is 25.1 Å². The molecule has 0 unspecified atom stereocenters. The fraction of sp³-hybridized carbons (Fsp3) is 0.333. The number of aryl methyl sites for hydroxylation is 1. The number of hydrogen-bond donors (Lipinski definition) is 1. The first kappa shape index (κ1) is 19.6. The van der Waals surface area contributed by atoms with Crippen molar-refractivity contribution in [3.63, 3.8) is 0 Å². The van der Waals surface area contributed by atoms with Crippen molar-refractivity contribution in [2.75, 3.05) is 31.9 Å².